The molecule has 0 aromatic heterocycles. The molecule has 0 radical (unpaired) electrons. The van der Waals surface area contributed by atoms with E-state index in [1.54, 1.807) is 0 Å². The molecule has 2 atom stereocenters. The predicted molar refractivity (Wildman–Crippen MR) is 141 cm³/mol. The third-order valence-electron chi connectivity index (χ3n) is 8.97. The van der Waals surface area contributed by atoms with Crippen LogP contribution in [0.2, 0.25) is 0 Å². The molecule has 8 rings (SSSR count). The Kier molecular flexibility index (Phi) is 4.81. The molecule has 0 bridgehead atoms. The summed E-state index contributed by atoms with van der Waals surface area (Å²) in [6.45, 7) is 2.31. The second kappa shape index (κ2) is 8.25. The fourth-order valence-electron chi connectivity index (χ4n) is 7.10. The van der Waals surface area contributed by atoms with E-state index in [2.05, 4.69) is 70.6 Å². The van der Waals surface area contributed by atoms with Gasteiger partial charge >= 0.3 is 0 Å². The van der Waals surface area contributed by atoms with E-state index in [0.717, 1.165) is 60.9 Å². The molecule has 4 heterocycles. The van der Waals surface area contributed by atoms with Crippen molar-refractivity contribution in [1.29, 1.82) is 0 Å². The number of para-hydroxylation sites is 1. The Morgan fingerprint density at radius 3 is 2.54 bits per heavy atom. The number of fused-ring (bicyclic) bond motifs is 6. The van der Waals surface area contributed by atoms with E-state index in [4.69, 9.17) is 19.3 Å². The first-order valence-electron chi connectivity index (χ1n) is 13.6. The van der Waals surface area contributed by atoms with E-state index < -0.39 is 5.72 Å². The van der Waals surface area contributed by atoms with Crippen LogP contribution in [0.3, 0.4) is 0 Å². The fraction of sp³-hybridized carbons (Fsp3) is 0.387. The first-order chi connectivity index (χ1) is 18.3. The summed E-state index contributed by atoms with van der Waals surface area (Å²) in [6, 6.07) is 24.5. The minimum atomic E-state index is -0.415. The normalized spacial score (nSPS) is 25.2. The molecule has 6 nitrogen and oxygen atoms in total. The summed E-state index contributed by atoms with van der Waals surface area (Å²) in [5.41, 5.74) is 6.06. The largest absolute Gasteiger partial charge is 0.466 e. The number of rotatable bonds is 2. The second-order valence-electron chi connectivity index (χ2n) is 10.9. The van der Waals surface area contributed by atoms with Crippen LogP contribution in [0.25, 0.3) is 0 Å². The number of hydrogen-bond donors (Lipinski definition) is 0. The quantitative estimate of drug-likeness (QED) is 0.450. The molecule has 1 aliphatic carbocycles. The molecule has 3 aromatic rings. The minimum absolute atomic E-state index is 0.187. The lowest BCUT2D eigenvalue weighted by Gasteiger charge is -2.52. The van der Waals surface area contributed by atoms with Gasteiger partial charge in [0.15, 0.2) is 11.5 Å². The predicted octanol–water partition coefficient (Wildman–Crippen LogP) is 5.83. The van der Waals surface area contributed by atoms with Gasteiger partial charge in [-0.1, -0.05) is 42.5 Å². The van der Waals surface area contributed by atoms with Crippen molar-refractivity contribution < 1.29 is 14.2 Å². The van der Waals surface area contributed by atoms with Crippen molar-refractivity contribution in [2.75, 3.05) is 19.9 Å². The highest BCUT2D eigenvalue weighted by Crippen LogP contribution is 2.51. The third-order valence-corrected chi connectivity index (χ3v) is 8.97. The van der Waals surface area contributed by atoms with Gasteiger partial charge < -0.3 is 14.2 Å². The molecule has 1 fully saturated rings. The van der Waals surface area contributed by atoms with E-state index >= 15 is 0 Å². The number of piperidine rings is 1. The SMILES string of the molecule is c1ccc2c(c1)CCCC2N1CCC2(CC1)Oc1ccccc1C1CC(c3ccc4c(c3)OCO4)=NN12. The molecule has 1 saturated heterocycles. The Bertz CT molecular complexity index is 1390. The topological polar surface area (TPSA) is 46.5 Å². The molecule has 3 aromatic carbocycles. The Balaban J connectivity index is 1.11. The van der Waals surface area contributed by atoms with Crippen LogP contribution in [0, 0.1) is 0 Å². The molecule has 188 valence electrons. The summed E-state index contributed by atoms with van der Waals surface area (Å²) in [4.78, 5) is 2.70. The second-order valence-corrected chi connectivity index (χ2v) is 10.9. The van der Waals surface area contributed by atoms with Crippen LogP contribution in [0.1, 0.15) is 66.4 Å². The number of ether oxygens (including phenoxy) is 3. The maximum absolute atomic E-state index is 6.89. The Morgan fingerprint density at radius 1 is 0.811 bits per heavy atom. The molecule has 0 N–H and O–H groups in total. The standard InChI is InChI=1S/C31H31N3O3/c1-2-8-23-21(6-1)7-5-10-26(23)33-16-14-31(15-17-33)34-27(24-9-3-4-11-28(24)37-31)19-25(32-34)22-12-13-29-30(18-22)36-20-35-29/h1-4,6,8-9,11-13,18,26-27H,5,7,10,14-17,19-20H2. The Hall–Kier alpha value is -3.51. The lowest BCUT2D eigenvalue weighted by atomic mass is 9.84. The number of hydrogen-bond acceptors (Lipinski definition) is 6. The van der Waals surface area contributed by atoms with Gasteiger partial charge in [-0.25, -0.2) is 5.01 Å². The van der Waals surface area contributed by atoms with Gasteiger partial charge in [0.25, 0.3) is 0 Å². The molecule has 37 heavy (non-hydrogen) atoms. The molecular weight excluding hydrogens is 462 g/mol. The van der Waals surface area contributed by atoms with Gasteiger partial charge in [-0.05, 0) is 54.7 Å². The molecule has 0 amide bonds. The van der Waals surface area contributed by atoms with E-state index in [1.165, 1.54) is 36.0 Å². The van der Waals surface area contributed by atoms with Crippen LogP contribution < -0.4 is 14.2 Å². The summed E-state index contributed by atoms with van der Waals surface area (Å²) in [7, 11) is 0. The van der Waals surface area contributed by atoms with Gasteiger partial charge in [0.05, 0.1) is 11.8 Å². The lowest BCUT2D eigenvalue weighted by molar-refractivity contribution is -0.153. The molecule has 1 spiro atoms. The smallest absolute Gasteiger partial charge is 0.231 e. The number of aryl methyl sites for hydroxylation is 1. The summed E-state index contributed by atoms with van der Waals surface area (Å²) < 4.78 is 18.1. The van der Waals surface area contributed by atoms with Crippen LogP contribution in [-0.2, 0) is 6.42 Å². The van der Waals surface area contributed by atoms with Gasteiger partial charge in [-0.3, -0.25) is 4.90 Å². The van der Waals surface area contributed by atoms with E-state index in [1.807, 2.05) is 6.07 Å². The van der Waals surface area contributed by atoms with E-state index in [0.29, 0.717) is 6.04 Å². The van der Waals surface area contributed by atoms with Crippen molar-refractivity contribution in [1.82, 2.24) is 9.91 Å². The lowest BCUT2D eigenvalue weighted by Crippen LogP contribution is -2.59. The monoisotopic (exact) mass is 493 g/mol. The zero-order valence-electron chi connectivity index (χ0n) is 20.9. The highest BCUT2D eigenvalue weighted by atomic mass is 16.7. The third kappa shape index (κ3) is 3.38. The molecule has 0 saturated carbocycles. The number of likely N-dealkylation sites (tertiary alicyclic amines) is 1. The molecule has 5 aliphatic rings. The van der Waals surface area contributed by atoms with Crippen molar-refractivity contribution in [3.63, 3.8) is 0 Å². The van der Waals surface area contributed by atoms with Gasteiger partial charge in [-0.15, -0.1) is 0 Å². The van der Waals surface area contributed by atoms with E-state index in [9.17, 15) is 0 Å². The van der Waals surface area contributed by atoms with Crippen molar-refractivity contribution >= 4 is 5.71 Å². The summed E-state index contributed by atoms with van der Waals surface area (Å²) >= 11 is 0. The fourth-order valence-corrected chi connectivity index (χ4v) is 7.10. The number of hydrazone groups is 1. The van der Waals surface area contributed by atoms with Crippen molar-refractivity contribution in [2.24, 2.45) is 5.10 Å². The number of benzene rings is 3. The highest BCUT2D eigenvalue weighted by molar-refractivity contribution is 6.02. The first-order valence-corrected chi connectivity index (χ1v) is 13.6. The molecule has 2 unspecified atom stereocenters. The van der Waals surface area contributed by atoms with Crippen molar-refractivity contribution in [3.8, 4) is 17.2 Å². The van der Waals surface area contributed by atoms with Gasteiger partial charge in [0.2, 0.25) is 12.5 Å². The summed E-state index contributed by atoms with van der Waals surface area (Å²) in [6.07, 6.45) is 6.46. The first kappa shape index (κ1) is 21.6. The van der Waals surface area contributed by atoms with Crippen LogP contribution >= 0.6 is 0 Å². The number of nitrogens with zero attached hydrogens (tertiary/aromatic N) is 3. The van der Waals surface area contributed by atoms with E-state index in [-0.39, 0.29) is 12.8 Å². The minimum Gasteiger partial charge on any atom is -0.466 e. The molecular formula is C31H31N3O3. The van der Waals surface area contributed by atoms with Crippen LogP contribution in [0.4, 0.5) is 0 Å². The Labute approximate surface area is 217 Å². The zero-order chi connectivity index (χ0) is 24.4. The van der Waals surface area contributed by atoms with Crippen molar-refractivity contribution in [2.45, 2.75) is 56.3 Å². The van der Waals surface area contributed by atoms with Crippen molar-refractivity contribution in [3.05, 3.63) is 89.0 Å². The van der Waals surface area contributed by atoms with Gasteiger partial charge in [0, 0.05) is 49.5 Å². The Morgan fingerprint density at radius 2 is 1.62 bits per heavy atom. The van der Waals surface area contributed by atoms with Crippen LogP contribution in [0.15, 0.2) is 71.8 Å². The molecule has 6 heteroatoms. The average molecular weight is 494 g/mol. The van der Waals surface area contributed by atoms with Gasteiger partial charge in [-0.2, -0.15) is 5.10 Å². The molecule has 4 aliphatic heterocycles. The maximum atomic E-state index is 6.89. The summed E-state index contributed by atoms with van der Waals surface area (Å²) in [5, 5.41) is 7.57. The van der Waals surface area contributed by atoms with Gasteiger partial charge in [0.1, 0.15) is 5.75 Å². The maximum Gasteiger partial charge on any atom is 0.231 e. The zero-order valence-corrected chi connectivity index (χ0v) is 20.9. The van der Waals surface area contributed by atoms with Crippen LogP contribution in [-0.4, -0.2) is 41.2 Å². The summed E-state index contributed by atoms with van der Waals surface area (Å²) in [5.74, 6) is 2.63. The highest BCUT2D eigenvalue weighted by Gasteiger charge is 2.52. The average Bonchev–Trinajstić information content (AvgIpc) is 3.61. The van der Waals surface area contributed by atoms with Crippen LogP contribution in [0.5, 0.6) is 17.2 Å².